The van der Waals surface area contributed by atoms with Crippen LogP contribution in [0, 0.1) is 11.3 Å². The number of pyridine rings is 1. The van der Waals surface area contributed by atoms with Crippen LogP contribution in [0.1, 0.15) is 11.1 Å². The van der Waals surface area contributed by atoms with Gasteiger partial charge in [-0.1, -0.05) is 60.1 Å². The fourth-order valence-electron chi connectivity index (χ4n) is 2.58. The van der Waals surface area contributed by atoms with E-state index in [1.54, 1.807) is 0 Å². The van der Waals surface area contributed by atoms with E-state index in [2.05, 4.69) is 15.6 Å². The van der Waals surface area contributed by atoms with Crippen LogP contribution in [0.2, 0.25) is 5.02 Å². The molecule has 0 radical (unpaired) electrons. The molecule has 27 heavy (non-hydrogen) atoms. The number of rotatable bonds is 6. The predicted octanol–water partition coefficient (Wildman–Crippen LogP) is 4.27. The Hall–Kier alpha value is -3.36. The van der Waals surface area contributed by atoms with Crippen LogP contribution in [0.15, 0.2) is 72.9 Å². The molecule has 1 aromatic heterocycles. The second-order valence-electron chi connectivity index (χ2n) is 5.91. The van der Waals surface area contributed by atoms with Crippen molar-refractivity contribution in [2.24, 2.45) is 0 Å². The third kappa shape index (κ3) is 5.06. The van der Waals surface area contributed by atoms with Gasteiger partial charge in [0.15, 0.2) is 0 Å². The number of nitrogens with one attached hydrogen (secondary N) is 2. The Morgan fingerprint density at radius 1 is 1.11 bits per heavy atom. The molecule has 2 N–H and O–H groups in total. The minimum absolute atomic E-state index is 0.202. The molecule has 5 nitrogen and oxygen atoms in total. The van der Waals surface area contributed by atoms with Crippen LogP contribution in [-0.4, -0.2) is 16.9 Å². The molecular formula is C21H17ClN4O. The molecule has 1 amide bonds. The highest BCUT2D eigenvalue weighted by Gasteiger charge is 2.21. The SMILES string of the molecule is N#Cc1cnc(N[C@H](Cc2ccccc2)C(=O)Nc2ccccc2)c(Cl)c1. The standard InChI is InChI=1S/C21H17ClN4O/c22-18-11-16(13-23)14-24-20(18)26-19(12-15-7-3-1-4-8-15)21(27)25-17-9-5-2-6-10-17/h1-11,14,19H,12H2,(H,24,26)(H,25,27)/t19-/m1/s1. The number of hydrogen-bond acceptors (Lipinski definition) is 4. The molecule has 0 saturated carbocycles. The Kier molecular flexibility index (Phi) is 6.03. The molecular weight excluding hydrogens is 360 g/mol. The summed E-state index contributed by atoms with van der Waals surface area (Å²) in [5, 5.41) is 15.2. The molecule has 0 spiro atoms. The van der Waals surface area contributed by atoms with Crippen molar-refractivity contribution in [1.82, 2.24) is 4.98 Å². The van der Waals surface area contributed by atoms with Crippen LogP contribution in [0.4, 0.5) is 11.5 Å². The number of nitriles is 1. The van der Waals surface area contributed by atoms with Crippen molar-refractivity contribution < 1.29 is 4.79 Å². The fourth-order valence-corrected chi connectivity index (χ4v) is 2.80. The minimum atomic E-state index is -0.592. The smallest absolute Gasteiger partial charge is 0.247 e. The summed E-state index contributed by atoms with van der Waals surface area (Å²) in [6, 6.07) is 21.8. The number of halogens is 1. The molecule has 2 aromatic carbocycles. The first-order chi connectivity index (χ1) is 13.2. The lowest BCUT2D eigenvalue weighted by atomic mass is 10.0. The van der Waals surface area contributed by atoms with Gasteiger partial charge in [-0.3, -0.25) is 4.79 Å². The summed E-state index contributed by atoms with van der Waals surface area (Å²) in [7, 11) is 0. The summed E-state index contributed by atoms with van der Waals surface area (Å²) in [6.07, 6.45) is 1.88. The van der Waals surface area contributed by atoms with Gasteiger partial charge in [-0.25, -0.2) is 4.98 Å². The summed E-state index contributed by atoms with van der Waals surface area (Å²) >= 11 is 6.21. The molecule has 3 rings (SSSR count). The lowest BCUT2D eigenvalue weighted by Gasteiger charge is -2.20. The largest absolute Gasteiger partial charge is 0.357 e. The molecule has 1 heterocycles. The summed E-state index contributed by atoms with van der Waals surface area (Å²) in [5.74, 6) is 0.159. The van der Waals surface area contributed by atoms with Gasteiger partial charge in [0.25, 0.3) is 0 Å². The van der Waals surface area contributed by atoms with Crippen LogP contribution in [0.5, 0.6) is 0 Å². The first-order valence-corrected chi connectivity index (χ1v) is 8.75. The van der Waals surface area contributed by atoms with Gasteiger partial charge >= 0.3 is 0 Å². The van der Waals surface area contributed by atoms with Crippen molar-refractivity contribution in [1.29, 1.82) is 5.26 Å². The van der Waals surface area contributed by atoms with E-state index in [9.17, 15) is 4.79 Å². The van der Waals surface area contributed by atoms with Gasteiger partial charge in [0.05, 0.1) is 10.6 Å². The van der Waals surface area contributed by atoms with E-state index in [0.29, 0.717) is 28.5 Å². The quantitative estimate of drug-likeness (QED) is 0.673. The Morgan fingerprint density at radius 3 is 2.41 bits per heavy atom. The van der Waals surface area contributed by atoms with Crippen LogP contribution < -0.4 is 10.6 Å². The molecule has 0 unspecified atom stereocenters. The number of aromatic nitrogens is 1. The van der Waals surface area contributed by atoms with Gasteiger partial charge in [-0.2, -0.15) is 5.26 Å². The fraction of sp³-hybridized carbons (Fsp3) is 0.0952. The first-order valence-electron chi connectivity index (χ1n) is 8.38. The van der Waals surface area contributed by atoms with Gasteiger partial charge in [0.1, 0.15) is 17.9 Å². The lowest BCUT2D eigenvalue weighted by Crippen LogP contribution is -2.37. The predicted molar refractivity (Wildman–Crippen MR) is 107 cm³/mol. The van der Waals surface area contributed by atoms with Crippen LogP contribution in [-0.2, 0) is 11.2 Å². The number of anilines is 2. The molecule has 0 fully saturated rings. The van der Waals surface area contributed by atoms with E-state index in [4.69, 9.17) is 16.9 Å². The van der Waals surface area contributed by atoms with Crippen LogP contribution in [0.25, 0.3) is 0 Å². The number of amides is 1. The van der Waals surface area contributed by atoms with E-state index in [0.717, 1.165) is 5.56 Å². The maximum Gasteiger partial charge on any atom is 0.247 e. The molecule has 1 atom stereocenters. The summed E-state index contributed by atoms with van der Waals surface area (Å²) < 4.78 is 0. The van der Waals surface area contributed by atoms with Gasteiger partial charge in [0, 0.05) is 18.3 Å². The minimum Gasteiger partial charge on any atom is -0.357 e. The van der Waals surface area contributed by atoms with Crippen molar-refractivity contribution in [2.75, 3.05) is 10.6 Å². The number of para-hydroxylation sites is 1. The number of carbonyl (C=O) groups is 1. The summed E-state index contributed by atoms with van der Waals surface area (Å²) in [5.41, 5.74) is 2.07. The van der Waals surface area contributed by atoms with E-state index in [1.807, 2.05) is 66.7 Å². The van der Waals surface area contributed by atoms with Gasteiger partial charge < -0.3 is 10.6 Å². The molecule has 0 aliphatic carbocycles. The third-order valence-corrected chi connectivity index (χ3v) is 4.21. The second-order valence-corrected chi connectivity index (χ2v) is 6.32. The van der Waals surface area contributed by atoms with Crippen molar-refractivity contribution in [3.05, 3.63) is 89.1 Å². The summed E-state index contributed by atoms with van der Waals surface area (Å²) in [6.45, 7) is 0. The normalized spacial score (nSPS) is 11.3. The number of nitrogens with zero attached hydrogens (tertiary/aromatic N) is 2. The molecule has 0 bridgehead atoms. The van der Waals surface area contributed by atoms with Gasteiger partial charge in [-0.15, -0.1) is 0 Å². The zero-order valence-corrected chi connectivity index (χ0v) is 15.1. The van der Waals surface area contributed by atoms with E-state index in [-0.39, 0.29) is 5.91 Å². The molecule has 0 saturated heterocycles. The van der Waals surface area contributed by atoms with E-state index < -0.39 is 6.04 Å². The average molecular weight is 377 g/mol. The number of hydrogen-bond donors (Lipinski definition) is 2. The zero-order valence-electron chi connectivity index (χ0n) is 14.4. The van der Waals surface area contributed by atoms with Crippen molar-refractivity contribution in [2.45, 2.75) is 12.5 Å². The number of benzene rings is 2. The Labute approximate surface area is 162 Å². The van der Waals surface area contributed by atoms with Gasteiger partial charge in [0.2, 0.25) is 5.91 Å². The monoisotopic (exact) mass is 376 g/mol. The molecule has 0 aliphatic rings. The Balaban J connectivity index is 1.83. The first kappa shape index (κ1) is 18.4. The maximum atomic E-state index is 12.9. The molecule has 3 aromatic rings. The molecule has 134 valence electrons. The highest BCUT2D eigenvalue weighted by molar-refractivity contribution is 6.33. The highest BCUT2D eigenvalue weighted by Crippen LogP contribution is 2.22. The summed E-state index contributed by atoms with van der Waals surface area (Å²) in [4.78, 5) is 17.0. The van der Waals surface area contributed by atoms with E-state index in [1.165, 1.54) is 12.3 Å². The van der Waals surface area contributed by atoms with Crippen molar-refractivity contribution in [3.8, 4) is 6.07 Å². The second kappa shape index (κ2) is 8.84. The van der Waals surface area contributed by atoms with E-state index >= 15 is 0 Å². The lowest BCUT2D eigenvalue weighted by molar-refractivity contribution is -0.116. The highest BCUT2D eigenvalue weighted by atomic mass is 35.5. The van der Waals surface area contributed by atoms with Crippen LogP contribution >= 0.6 is 11.6 Å². The molecule has 0 aliphatic heterocycles. The van der Waals surface area contributed by atoms with Crippen molar-refractivity contribution >= 4 is 29.0 Å². The molecule has 6 heteroatoms. The topological polar surface area (TPSA) is 77.8 Å². The third-order valence-electron chi connectivity index (χ3n) is 3.92. The average Bonchev–Trinajstić information content (AvgIpc) is 2.70. The zero-order chi connectivity index (χ0) is 19.1. The Morgan fingerprint density at radius 2 is 1.78 bits per heavy atom. The number of carbonyl (C=O) groups excluding carboxylic acids is 1. The van der Waals surface area contributed by atoms with Gasteiger partial charge in [-0.05, 0) is 23.8 Å². The Bertz CT molecular complexity index is 955. The van der Waals surface area contributed by atoms with Crippen LogP contribution in [0.3, 0.4) is 0 Å². The maximum absolute atomic E-state index is 12.9. The van der Waals surface area contributed by atoms with Crippen molar-refractivity contribution in [3.63, 3.8) is 0 Å².